The van der Waals surface area contributed by atoms with Crippen LogP contribution < -0.4 is 5.56 Å². The van der Waals surface area contributed by atoms with Gasteiger partial charge in [0, 0.05) is 18.2 Å². The number of benzene rings is 1. The molecule has 1 aromatic carbocycles. The zero-order chi connectivity index (χ0) is 16.1. The van der Waals surface area contributed by atoms with Crippen molar-refractivity contribution in [1.82, 2.24) is 14.6 Å². The van der Waals surface area contributed by atoms with E-state index in [2.05, 4.69) is 10.2 Å². The maximum absolute atomic E-state index is 11.8. The molecule has 0 aliphatic heterocycles. The van der Waals surface area contributed by atoms with Crippen LogP contribution in [0.3, 0.4) is 0 Å². The molecule has 0 aliphatic rings. The number of furan rings is 1. The number of aromatic amines is 1. The molecule has 0 saturated heterocycles. The molecule has 8 heteroatoms. The van der Waals surface area contributed by atoms with Gasteiger partial charge < -0.3 is 4.42 Å². The molecule has 4 aromatic rings. The summed E-state index contributed by atoms with van der Waals surface area (Å²) < 4.78 is 7.40. The van der Waals surface area contributed by atoms with E-state index in [-0.39, 0.29) is 11.2 Å². The molecular weight excluding hydrogens is 300 g/mol. The summed E-state index contributed by atoms with van der Waals surface area (Å²) in [6, 6.07) is 9.63. The highest BCUT2D eigenvalue weighted by molar-refractivity contribution is 5.87. The third-order valence-electron chi connectivity index (χ3n) is 3.73. The van der Waals surface area contributed by atoms with E-state index in [4.69, 9.17) is 4.42 Å². The first kappa shape index (κ1) is 13.3. The number of nitro groups is 1. The lowest BCUT2D eigenvalue weighted by atomic mass is 10.1. The van der Waals surface area contributed by atoms with Crippen molar-refractivity contribution in [3.8, 4) is 11.3 Å². The van der Waals surface area contributed by atoms with E-state index in [1.165, 1.54) is 6.07 Å². The normalized spacial score (nSPS) is 11.3. The van der Waals surface area contributed by atoms with E-state index in [1.807, 2.05) is 0 Å². The highest BCUT2D eigenvalue weighted by Gasteiger charge is 2.20. The molecule has 0 atom stereocenters. The van der Waals surface area contributed by atoms with Crippen molar-refractivity contribution < 1.29 is 9.34 Å². The Morgan fingerprint density at radius 2 is 2.04 bits per heavy atom. The highest BCUT2D eigenvalue weighted by Crippen LogP contribution is 2.34. The number of aromatic nitrogens is 3. The Labute approximate surface area is 128 Å². The van der Waals surface area contributed by atoms with Gasteiger partial charge in [-0.25, -0.2) is 5.10 Å². The van der Waals surface area contributed by atoms with Gasteiger partial charge in [-0.3, -0.25) is 19.3 Å². The predicted molar refractivity (Wildman–Crippen MR) is 82.4 cm³/mol. The van der Waals surface area contributed by atoms with E-state index in [1.54, 1.807) is 41.7 Å². The first-order valence-electron chi connectivity index (χ1n) is 6.80. The average Bonchev–Trinajstić information content (AvgIpc) is 3.09. The fourth-order valence-electron chi connectivity index (χ4n) is 2.72. The quantitative estimate of drug-likeness (QED) is 0.452. The first-order valence-corrected chi connectivity index (χ1v) is 6.80. The topological polar surface area (TPSA) is 106 Å². The Hall–Kier alpha value is -3.42. The fraction of sp³-hybridized carbons (Fsp3) is 0.0667. The molecule has 0 radical (unpaired) electrons. The first-order chi connectivity index (χ1) is 11.1. The van der Waals surface area contributed by atoms with Crippen LogP contribution in [0.2, 0.25) is 0 Å². The van der Waals surface area contributed by atoms with Crippen LogP contribution >= 0.6 is 0 Å². The molecule has 114 valence electrons. The van der Waals surface area contributed by atoms with Gasteiger partial charge in [0.15, 0.2) is 5.58 Å². The third kappa shape index (κ3) is 1.85. The molecule has 0 unspecified atom stereocenters. The lowest BCUT2D eigenvalue weighted by Gasteiger charge is -1.99. The number of nitro benzene ring substituents is 1. The van der Waals surface area contributed by atoms with Crippen LogP contribution in [-0.2, 0) is 0 Å². The molecular formula is C15H10N4O4. The summed E-state index contributed by atoms with van der Waals surface area (Å²) in [5, 5.41) is 17.5. The molecule has 8 nitrogen and oxygen atoms in total. The molecule has 1 N–H and O–H groups in total. The van der Waals surface area contributed by atoms with Gasteiger partial charge in [-0.1, -0.05) is 12.1 Å². The van der Waals surface area contributed by atoms with Crippen LogP contribution in [0.4, 0.5) is 5.69 Å². The van der Waals surface area contributed by atoms with Crippen LogP contribution in [0.25, 0.3) is 27.9 Å². The average molecular weight is 310 g/mol. The maximum atomic E-state index is 11.8. The second-order valence-electron chi connectivity index (χ2n) is 5.10. The molecule has 0 fully saturated rings. The van der Waals surface area contributed by atoms with Crippen LogP contribution in [-0.4, -0.2) is 19.5 Å². The standard InChI is InChI=1S/C15H10N4O4/c1-8-16-17-15(20)12-7-14-11(18(8)12)6-13(23-14)9-4-2-3-5-10(9)19(21)22/h2-7H,1H3,(H,17,20). The lowest BCUT2D eigenvalue weighted by Crippen LogP contribution is -2.13. The van der Waals surface area contributed by atoms with Crippen molar-refractivity contribution in [2.75, 3.05) is 0 Å². The predicted octanol–water partition coefficient (Wildman–Crippen LogP) is 2.65. The summed E-state index contributed by atoms with van der Waals surface area (Å²) in [5.41, 5.74) is 1.56. The van der Waals surface area contributed by atoms with Gasteiger partial charge in [0.25, 0.3) is 11.2 Å². The molecule has 0 spiro atoms. The van der Waals surface area contributed by atoms with Gasteiger partial charge in [-0.2, -0.15) is 5.10 Å². The summed E-state index contributed by atoms with van der Waals surface area (Å²) in [5.74, 6) is 0.959. The summed E-state index contributed by atoms with van der Waals surface area (Å²) in [6.45, 7) is 1.75. The summed E-state index contributed by atoms with van der Waals surface area (Å²) in [7, 11) is 0. The van der Waals surface area contributed by atoms with Crippen LogP contribution in [0.5, 0.6) is 0 Å². The molecule has 23 heavy (non-hydrogen) atoms. The zero-order valence-corrected chi connectivity index (χ0v) is 11.9. The minimum absolute atomic E-state index is 0.0362. The number of para-hydroxylation sites is 1. The Morgan fingerprint density at radius 3 is 2.83 bits per heavy atom. The fourth-order valence-corrected chi connectivity index (χ4v) is 2.72. The van der Waals surface area contributed by atoms with Gasteiger partial charge in [-0.05, 0) is 13.0 Å². The second-order valence-corrected chi connectivity index (χ2v) is 5.10. The van der Waals surface area contributed by atoms with E-state index in [0.29, 0.717) is 33.8 Å². The number of hydrogen-bond acceptors (Lipinski definition) is 5. The van der Waals surface area contributed by atoms with Crippen molar-refractivity contribution in [2.45, 2.75) is 6.92 Å². The van der Waals surface area contributed by atoms with Gasteiger partial charge >= 0.3 is 0 Å². The van der Waals surface area contributed by atoms with E-state index >= 15 is 0 Å². The second kappa shape index (κ2) is 4.54. The summed E-state index contributed by atoms with van der Waals surface area (Å²) >= 11 is 0. The van der Waals surface area contributed by atoms with Crippen LogP contribution in [0.15, 0.2) is 45.6 Å². The molecule has 0 bridgehead atoms. The number of nitrogens with one attached hydrogen (secondary N) is 1. The number of aryl methyl sites for hydroxylation is 1. The van der Waals surface area contributed by atoms with Crippen LogP contribution in [0, 0.1) is 17.0 Å². The largest absolute Gasteiger partial charge is 0.454 e. The van der Waals surface area contributed by atoms with Crippen molar-refractivity contribution >= 4 is 22.3 Å². The Balaban J connectivity index is 2.03. The van der Waals surface area contributed by atoms with Gasteiger partial charge in [0.1, 0.15) is 17.1 Å². The zero-order valence-electron chi connectivity index (χ0n) is 11.9. The SMILES string of the molecule is Cc1n[nH]c(=O)c2cc3oc(-c4ccccc4[N+](=O)[O-])cc3n12. The van der Waals surface area contributed by atoms with Crippen molar-refractivity contribution in [2.24, 2.45) is 0 Å². The molecule has 0 aliphatic carbocycles. The Morgan fingerprint density at radius 1 is 1.26 bits per heavy atom. The smallest absolute Gasteiger partial charge is 0.288 e. The monoisotopic (exact) mass is 310 g/mol. The van der Waals surface area contributed by atoms with E-state index in [9.17, 15) is 14.9 Å². The van der Waals surface area contributed by atoms with E-state index < -0.39 is 4.92 Å². The molecule has 3 heterocycles. The van der Waals surface area contributed by atoms with Crippen molar-refractivity contribution in [3.63, 3.8) is 0 Å². The highest BCUT2D eigenvalue weighted by atomic mass is 16.6. The maximum Gasteiger partial charge on any atom is 0.288 e. The molecule has 3 aromatic heterocycles. The molecule has 0 amide bonds. The van der Waals surface area contributed by atoms with Gasteiger partial charge in [0.2, 0.25) is 0 Å². The third-order valence-corrected chi connectivity index (χ3v) is 3.73. The van der Waals surface area contributed by atoms with Gasteiger partial charge in [-0.15, -0.1) is 0 Å². The van der Waals surface area contributed by atoms with Crippen molar-refractivity contribution in [1.29, 1.82) is 0 Å². The summed E-state index contributed by atoms with van der Waals surface area (Å²) in [4.78, 5) is 22.5. The lowest BCUT2D eigenvalue weighted by molar-refractivity contribution is -0.384. The number of fused-ring (bicyclic) bond motifs is 3. The van der Waals surface area contributed by atoms with E-state index in [0.717, 1.165) is 0 Å². The Kier molecular flexibility index (Phi) is 2.61. The molecule has 4 rings (SSSR count). The van der Waals surface area contributed by atoms with Gasteiger partial charge in [0.05, 0.1) is 16.0 Å². The number of nitrogens with zero attached hydrogens (tertiary/aromatic N) is 3. The minimum Gasteiger partial charge on any atom is -0.454 e. The number of H-pyrrole nitrogens is 1. The minimum atomic E-state index is -0.453. The number of rotatable bonds is 2. The summed E-state index contributed by atoms with van der Waals surface area (Å²) in [6.07, 6.45) is 0. The van der Waals surface area contributed by atoms with Crippen LogP contribution in [0.1, 0.15) is 5.82 Å². The Bertz CT molecular complexity index is 1140. The number of hydrogen-bond donors (Lipinski definition) is 1. The van der Waals surface area contributed by atoms with Crippen molar-refractivity contribution in [3.05, 3.63) is 62.7 Å². The molecule has 0 saturated carbocycles.